The highest BCUT2D eigenvalue weighted by atomic mass is 35.5. The molecule has 0 saturated heterocycles. The van der Waals surface area contributed by atoms with E-state index in [0.29, 0.717) is 18.0 Å². The second kappa shape index (κ2) is 11.8. The molecule has 1 atom stereocenters. The SMILES string of the molecule is CCOc1ccc(NC(=O)C(c2cc([N+](=O)[O-])ccc2Cl)N(Cc2cccs2)C(=O)CCl)cc1. The molecule has 0 spiro atoms. The first-order chi connectivity index (χ1) is 16.3. The molecule has 3 rings (SSSR count). The Kier molecular flexibility index (Phi) is 8.86. The first-order valence-corrected chi connectivity index (χ1v) is 12.0. The highest BCUT2D eigenvalue weighted by molar-refractivity contribution is 7.09. The minimum Gasteiger partial charge on any atom is -0.494 e. The van der Waals surface area contributed by atoms with Crippen molar-refractivity contribution in [2.45, 2.75) is 19.5 Å². The molecule has 8 nitrogen and oxygen atoms in total. The summed E-state index contributed by atoms with van der Waals surface area (Å²) in [6, 6.07) is 12.8. The van der Waals surface area contributed by atoms with Crippen LogP contribution in [-0.4, -0.2) is 34.1 Å². The number of non-ortho nitro benzene ring substituents is 1. The molecule has 1 N–H and O–H groups in total. The minimum absolute atomic E-state index is 0.0730. The summed E-state index contributed by atoms with van der Waals surface area (Å²) >= 11 is 13.7. The second-order valence-corrected chi connectivity index (χ2v) is 8.75. The van der Waals surface area contributed by atoms with Gasteiger partial charge in [-0.2, -0.15) is 0 Å². The fraction of sp³-hybridized carbons (Fsp3) is 0.217. The van der Waals surface area contributed by atoms with Gasteiger partial charge in [0.05, 0.1) is 18.1 Å². The Morgan fingerprint density at radius 1 is 1.21 bits per heavy atom. The van der Waals surface area contributed by atoms with E-state index in [1.165, 1.54) is 34.4 Å². The van der Waals surface area contributed by atoms with Crippen molar-refractivity contribution in [1.82, 2.24) is 4.90 Å². The van der Waals surface area contributed by atoms with Crippen LogP contribution in [0.15, 0.2) is 60.0 Å². The molecule has 1 unspecified atom stereocenters. The molecule has 1 aromatic heterocycles. The van der Waals surface area contributed by atoms with Crippen LogP contribution in [0.5, 0.6) is 5.75 Å². The van der Waals surface area contributed by atoms with Gasteiger partial charge in [0, 0.05) is 33.3 Å². The predicted octanol–water partition coefficient (Wildman–Crippen LogP) is 5.66. The zero-order chi connectivity index (χ0) is 24.7. The highest BCUT2D eigenvalue weighted by Crippen LogP contribution is 2.34. The maximum absolute atomic E-state index is 13.5. The van der Waals surface area contributed by atoms with Crippen LogP contribution in [0.2, 0.25) is 5.02 Å². The molecule has 0 aliphatic carbocycles. The molecule has 1 heterocycles. The number of hydrogen-bond acceptors (Lipinski definition) is 6. The van der Waals surface area contributed by atoms with Gasteiger partial charge in [-0.15, -0.1) is 22.9 Å². The number of halogens is 2. The van der Waals surface area contributed by atoms with Gasteiger partial charge in [0.15, 0.2) is 0 Å². The number of anilines is 1. The van der Waals surface area contributed by atoms with Crippen LogP contribution >= 0.6 is 34.5 Å². The number of nitrogens with one attached hydrogen (secondary N) is 1. The summed E-state index contributed by atoms with van der Waals surface area (Å²) < 4.78 is 5.42. The summed E-state index contributed by atoms with van der Waals surface area (Å²) in [5, 5.41) is 16.1. The minimum atomic E-state index is -1.27. The summed E-state index contributed by atoms with van der Waals surface area (Å²) in [6.07, 6.45) is 0. The van der Waals surface area contributed by atoms with E-state index >= 15 is 0 Å². The van der Waals surface area contributed by atoms with Crippen molar-refractivity contribution in [2.75, 3.05) is 17.8 Å². The number of alkyl halides is 1. The van der Waals surface area contributed by atoms with E-state index in [1.54, 1.807) is 24.3 Å². The normalized spacial score (nSPS) is 11.5. The van der Waals surface area contributed by atoms with Crippen LogP contribution in [0, 0.1) is 10.1 Å². The smallest absolute Gasteiger partial charge is 0.269 e. The fourth-order valence-corrected chi connectivity index (χ4v) is 4.36. The third-order valence-corrected chi connectivity index (χ3v) is 6.25. The number of benzene rings is 2. The zero-order valence-electron chi connectivity index (χ0n) is 18.1. The summed E-state index contributed by atoms with van der Waals surface area (Å²) in [7, 11) is 0. The van der Waals surface area contributed by atoms with Gasteiger partial charge in [0.1, 0.15) is 17.7 Å². The Morgan fingerprint density at radius 3 is 2.53 bits per heavy atom. The summed E-state index contributed by atoms with van der Waals surface area (Å²) in [6.45, 7) is 2.43. The number of hydrogen-bond donors (Lipinski definition) is 1. The van der Waals surface area contributed by atoms with E-state index in [4.69, 9.17) is 27.9 Å². The number of nitro benzene ring substituents is 1. The van der Waals surface area contributed by atoms with Crippen LogP contribution in [0.25, 0.3) is 0 Å². The first-order valence-electron chi connectivity index (χ1n) is 10.2. The van der Waals surface area contributed by atoms with Crippen molar-refractivity contribution >= 4 is 57.7 Å². The lowest BCUT2D eigenvalue weighted by molar-refractivity contribution is -0.384. The fourth-order valence-electron chi connectivity index (χ4n) is 3.29. The predicted molar refractivity (Wildman–Crippen MR) is 133 cm³/mol. The molecule has 34 heavy (non-hydrogen) atoms. The lowest BCUT2D eigenvalue weighted by Crippen LogP contribution is -2.41. The maximum atomic E-state index is 13.5. The standard InChI is InChI=1S/C23H21Cl2N3O5S/c1-2-33-17-8-5-15(6-9-17)26-23(30)22(19-12-16(28(31)32)7-10-20(19)25)27(21(29)13-24)14-18-4-3-11-34-18/h3-12,22H,2,13-14H2,1H3,(H,26,30). The van der Waals surface area contributed by atoms with Gasteiger partial charge in [-0.1, -0.05) is 17.7 Å². The van der Waals surface area contributed by atoms with Gasteiger partial charge in [-0.05, 0) is 48.7 Å². The van der Waals surface area contributed by atoms with Crippen molar-refractivity contribution in [3.8, 4) is 5.75 Å². The number of nitro groups is 1. The summed E-state index contributed by atoms with van der Waals surface area (Å²) in [5.41, 5.74) is 0.316. The average molecular weight is 522 g/mol. The van der Waals surface area contributed by atoms with E-state index < -0.39 is 22.8 Å². The number of carbonyl (C=O) groups excluding carboxylic acids is 2. The molecule has 11 heteroatoms. The number of rotatable bonds is 10. The first kappa shape index (κ1) is 25.5. The van der Waals surface area contributed by atoms with Crippen LogP contribution in [0.1, 0.15) is 23.4 Å². The molecular weight excluding hydrogens is 501 g/mol. The monoisotopic (exact) mass is 521 g/mol. The number of carbonyl (C=O) groups is 2. The second-order valence-electron chi connectivity index (χ2n) is 7.05. The van der Waals surface area contributed by atoms with Crippen LogP contribution in [0.3, 0.4) is 0 Å². The summed E-state index contributed by atoms with van der Waals surface area (Å²) in [5.74, 6) is -0.869. The number of ether oxygens (including phenoxy) is 1. The lowest BCUT2D eigenvalue weighted by Gasteiger charge is -2.31. The van der Waals surface area contributed by atoms with E-state index in [2.05, 4.69) is 5.32 Å². The number of nitrogens with zero attached hydrogens (tertiary/aromatic N) is 2. The molecule has 0 saturated carbocycles. The molecule has 0 aliphatic rings. The van der Waals surface area contributed by atoms with Crippen molar-refractivity contribution < 1.29 is 19.2 Å². The van der Waals surface area contributed by atoms with Crippen molar-refractivity contribution in [1.29, 1.82) is 0 Å². The number of amides is 2. The Bertz CT molecular complexity index is 1160. The largest absolute Gasteiger partial charge is 0.494 e. The van der Waals surface area contributed by atoms with Gasteiger partial charge in [0.25, 0.3) is 11.6 Å². The number of thiophene rings is 1. The molecule has 0 bridgehead atoms. The van der Waals surface area contributed by atoms with Crippen molar-refractivity contribution in [3.05, 3.63) is 85.6 Å². The Morgan fingerprint density at radius 2 is 1.94 bits per heavy atom. The molecule has 178 valence electrons. The third kappa shape index (κ3) is 6.25. The molecule has 2 amide bonds. The molecule has 0 aliphatic heterocycles. The van der Waals surface area contributed by atoms with E-state index in [0.717, 1.165) is 4.88 Å². The van der Waals surface area contributed by atoms with Crippen LogP contribution < -0.4 is 10.1 Å². The van der Waals surface area contributed by atoms with Crippen molar-refractivity contribution in [3.63, 3.8) is 0 Å². The van der Waals surface area contributed by atoms with E-state index in [-0.39, 0.29) is 28.7 Å². The molecule has 3 aromatic rings. The van der Waals surface area contributed by atoms with Gasteiger partial charge < -0.3 is 15.0 Å². The van der Waals surface area contributed by atoms with Gasteiger partial charge in [-0.25, -0.2) is 0 Å². The Balaban J connectivity index is 2.04. The van der Waals surface area contributed by atoms with Gasteiger partial charge in [-0.3, -0.25) is 19.7 Å². The Labute approximate surface area is 210 Å². The van der Waals surface area contributed by atoms with E-state index in [1.807, 2.05) is 24.4 Å². The van der Waals surface area contributed by atoms with E-state index in [9.17, 15) is 19.7 Å². The van der Waals surface area contributed by atoms with Crippen LogP contribution in [-0.2, 0) is 16.1 Å². The zero-order valence-corrected chi connectivity index (χ0v) is 20.4. The molecule has 2 aromatic carbocycles. The summed E-state index contributed by atoms with van der Waals surface area (Å²) in [4.78, 5) is 39.3. The topological polar surface area (TPSA) is 102 Å². The van der Waals surface area contributed by atoms with Gasteiger partial charge >= 0.3 is 0 Å². The van der Waals surface area contributed by atoms with Gasteiger partial charge in [0.2, 0.25) is 5.91 Å². The van der Waals surface area contributed by atoms with Crippen LogP contribution in [0.4, 0.5) is 11.4 Å². The highest BCUT2D eigenvalue weighted by Gasteiger charge is 2.34. The lowest BCUT2D eigenvalue weighted by atomic mass is 10.0. The third-order valence-electron chi connectivity index (χ3n) is 4.82. The maximum Gasteiger partial charge on any atom is 0.269 e. The van der Waals surface area contributed by atoms with Crippen molar-refractivity contribution in [2.24, 2.45) is 0 Å². The molecule has 0 radical (unpaired) electrons. The molecule has 0 fully saturated rings. The average Bonchev–Trinajstić information content (AvgIpc) is 3.34. The quantitative estimate of drug-likeness (QED) is 0.211. The Hall–Kier alpha value is -3.14. The molecular formula is C23H21Cl2N3O5S.